The van der Waals surface area contributed by atoms with E-state index in [0.29, 0.717) is 22.6 Å². The van der Waals surface area contributed by atoms with Crippen molar-refractivity contribution >= 4 is 27.7 Å². The van der Waals surface area contributed by atoms with Gasteiger partial charge in [-0.2, -0.15) is 0 Å². The van der Waals surface area contributed by atoms with Crippen molar-refractivity contribution in [1.29, 1.82) is 0 Å². The van der Waals surface area contributed by atoms with Crippen LogP contribution in [0.3, 0.4) is 0 Å². The molecule has 0 aliphatic rings. The first kappa shape index (κ1) is 20.7. The van der Waals surface area contributed by atoms with E-state index in [2.05, 4.69) is 15.9 Å². The second-order valence-corrected chi connectivity index (χ2v) is 6.55. The van der Waals surface area contributed by atoms with Gasteiger partial charge in [-0.3, -0.25) is 9.59 Å². The molecule has 0 bridgehead atoms. The van der Waals surface area contributed by atoms with E-state index in [1.165, 1.54) is 49.4 Å². The van der Waals surface area contributed by atoms with Gasteiger partial charge < -0.3 is 20.1 Å². The summed E-state index contributed by atoms with van der Waals surface area (Å²) in [5.74, 6) is -0.941. The fourth-order valence-corrected chi connectivity index (χ4v) is 3.26. The number of carbonyl (C=O) groups excluding carboxylic acids is 2. The van der Waals surface area contributed by atoms with Gasteiger partial charge in [0.25, 0.3) is 5.91 Å². The molecule has 0 aliphatic carbocycles. The molecule has 144 valence electrons. The second kappa shape index (κ2) is 8.85. The lowest BCUT2D eigenvalue weighted by Crippen LogP contribution is -2.39. The number of hydrogen-bond acceptors (Lipinski definition) is 4. The molecule has 2 aromatic rings. The van der Waals surface area contributed by atoms with Crippen LogP contribution in [0.15, 0.2) is 40.9 Å². The summed E-state index contributed by atoms with van der Waals surface area (Å²) in [4.78, 5) is 26.1. The van der Waals surface area contributed by atoms with E-state index < -0.39 is 23.7 Å². The predicted molar refractivity (Wildman–Crippen MR) is 102 cm³/mol. The van der Waals surface area contributed by atoms with Gasteiger partial charge in [0.2, 0.25) is 5.91 Å². The Bertz CT molecular complexity index is 860. The molecule has 2 amide bonds. The van der Waals surface area contributed by atoms with Crippen LogP contribution in [0.1, 0.15) is 28.9 Å². The molecule has 0 aliphatic heterocycles. The number of carbonyl (C=O) groups is 2. The molecular formula is C19H20BrFN2O4. The molecule has 0 saturated carbocycles. The molecule has 0 heterocycles. The zero-order valence-electron chi connectivity index (χ0n) is 15.2. The maximum Gasteiger partial charge on any atom is 0.254 e. The van der Waals surface area contributed by atoms with Gasteiger partial charge in [-0.25, -0.2) is 4.39 Å². The Morgan fingerprint density at radius 3 is 2.56 bits per heavy atom. The number of amides is 2. The van der Waals surface area contributed by atoms with Crippen LogP contribution in [-0.2, 0) is 4.79 Å². The lowest BCUT2D eigenvalue weighted by atomic mass is 10.0. The lowest BCUT2D eigenvalue weighted by Gasteiger charge is -2.26. The molecule has 1 unspecified atom stereocenters. The van der Waals surface area contributed by atoms with E-state index in [1.807, 2.05) is 6.92 Å². The molecule has 0 aromatic heterocycles. The molecule has 0 saturated heterocycles. The van der Waals surface area contributed by atoms with Gasteiger partial charge in [0.05, 0.1) is 18.2 Å². The summed E-state index contributed by atoms with van der Waals surface area (Å²) in [7, 11) is 2.89. The Morgan fingerprint density at radius 1 is 1.30 bits per heavy atom. The number of benzene rings is 2. The van der Waals surface area contributed by atoms with E-state index in [9.17, 15) is 14.0 Å². The lowest BCUT2D eigenvalue weighted by molar-refractivity contribution is -0.122. The Labute approximate surface area is 165 Å². The SMILES string of the molecule is CCOc1c(Br)cc(C(=O)N(C)C(C(N)=O)c2cccc(F)c2)cc1OC. The molecule has 1 atom stereocenters. The highest BCUT2D eigenvalue weighted by atomic mass is 79.9. The van der Waals surface area contributed by atoms with Crippen molar-refractivity contribution < 1.29 is 23.5 Å². The number of ether oxygens (including phenoxy) is 2. The summed E-state index contributed by atoms with van der Waals surface area (Å²) in [6.07, 6.45) is 0. The zero-order chi connectivity index (χ0) is 20.1. The van der Waals surface area contributed by atoms with Crippen molar-refractivity contribution in [1.82, 2.24) is 4.90 Å². The molecule has 8 heteroatoms. The standard InChI is InChI=1S/C19H20BrFN2O4/c1-4-27-17-14(20)9-12(10-15(17)26-3)19(25)23(2)16(18(22)24)11-6-5-7-13(21)8-11/h5-10,16H,4H2,1-3H3,(H2,22,24). The van der Waals surface area contributed by atoms with Crippen LogP contribution in [-0.4, -0.2) is 37.5 Å². The quantitative estimate of drug-likeness (QED) is 0.718. The number of primary amides is 1. The smallest absolute Gasteiger partial charge is 0.254 e. The minimum atomic E-state index is -1.12. The third-order valence-electron chi connectivity index (χ3n) is 3.91. The van der Waals surface area contributed by atoms with Crippen LogP contribution in [0.2, 0.25) is 0 Å². The van der Waals surface area contributed by atoms with Crippen molar-refractivity contribution in [2.75, 3.05) is 20.8 Å². The van der Waals surface area contributed by atoms with Gasteiger partial charge in [-0.15, -0.1) is 0 Å². The Morgan fingerprint density at radius 2 is 2.00 bits per heavy atom. The van der Waals surface area contributed by atoms with Gasteiger partial charge in [-0.05, 0) is 52.7 Å². The number of nitrogens with two attached hydrogens (primary N) is 1. The molecule has 2 aromatic carbocycles. The van der Waals surface area contributed by atoms with Crippen molar-refractivity contribution in [3.63, 3.8) is 0 Å². The fourth-order valence-electron chi connectivity index (χ4n) is 2.70. The number of hydrogen-bond donors (Lipinski definition) is 1. The van der Waals surface area contributed by atoms with Crippen molar-refractivity contribution in [3.05, 3.63) is 57.8 Å². The van der Waals surface area contributed by atoms with Crippen LogP contribution >= 0.6 is 15.9 Å². The summed E-state index contributed by atoms with van der Waals surface area (Å²) >= 11 is 3.36. The summed E-state index contributed by atoms with van der Waals surface area (Å²) in [6, 6.07) is 7.37. The Hall–Kier alpha value is -2.61. The first-order valence-corrected chi connectivity index (χ1v) is 8.91. The molecule has 0 fully saturated rings. The van der Waals surface area contributed by atoms with Gasteiger partial charge >= 0.3 is 0 Å². The van der Waals surface area contributed by atoms with Gasteiger partial charge in [0.15, 0.2) is 11.5 Å². The van der Waals surface area contributed by atoms with Crippen molar-refractivity contribution in [2.45, 2.75) is 13.0 Å². The first-order chi connectivity index (χ1) is 12.8. The highest BCUT2D eigenvalue weighted by Gasteiger charge is 2.29. The van der Waals surface area contributed by atoms with Gasteiger partial charge in [0.1, 0.15) is 11.9 Å². The minimum Gasteiger partial charge on any atom is -0.493 e. The molecule has 2 N–H and O–H groups in total. The molecule has 2 rings (SSSR count). The third-order valence-corrected chi connectivity index (χ3v) is 4.50. The van der Waals surface area contributed by atoms with Crippen molar-refractivity contribution in [3.8, 4) is 11.5 Å². The van der Waals surface area contributed by atoms with Crippen LogP contribution in [0, 0.1) is 5.82 Å². The molecule has 0 spiro atoms. The van der Waals surface area contributed by atoms with Crippen LogP contribution in [0.4, 0.5) is 4.39 Å². The highest BCUT2D eigenvalue weighted by molar-refractivity contribution is 9.10. The van der Waals surface area contributed by atoms with Crippen LogP contribution in [0.5, 0.6) is 11.5 Å². The third kappa shape index (κ3) is 4.57. The Balaban J connectivity index is 2.43. The van der Waals surface area contributed by atoms with Gasteiger partial charge in [-0.1, -0.05) is 12.1 Å². The number of nitrogens with zero attached hydrogens (tertiary/aromatic N) is 1. The second-order valence-electron chi connectivity index (χ2n) is 5.70. The van der Waals surface area contributed by atoms with Crippen LogP contribution in [0.25, 0.3) is 0 Å². The number of methoxy groups -OCH3 is 1. The first-order valence-electron chi connectivity index (χ1n) is 8.12. The number of likely N-dealkylation sites (N-methyl/N-ethyl adjacent to an activating group) is 1. The van der Waals surface area contributed by atoms with Crippen LogP contribution < -0.4 is 15.2 Å². The number of halogens is 2. The number of rotatable bonds is 7. The van der Waals surface area contributed by atoms with E-state index in [1.54, 1.807) is 6.07 Å². The normalized spacial score (nSPS) is 11.6. The molecule has 27 heavy (non-hydrogen) atoms. The summed E-state index contributed by atoms with van der Waals surface area (Å²) < 4.78 is 24.9. The summed E-state index contributed by atoms with van der Waals surface area (Å²) in [5, 5.41) is 0. The maximum absolute atomic E-state index is 13.6. The predicted octanol–water partition coefficient (Wildman–Crippen LogP) is 3.29. The van der Waals surface area contributed by atoms with E-state index in [0.717, 1.165) is 0 Å². The summed E-state index contributed by atoms with van der Waals surface area (Å²) in [6.45, 7) is 2.25. The maximum atomic E-state index is 13.6. The van der Waals surface area contributed by atoms with E-state index in [-0.39, 0.29) is 11.1 Å². The van der Waals surface area contributed by atoms with Crippen molar-refractivity contribution in [2.24, 2.45) is 5.73 Å². The van der Waals surface area contributed by atoms with E-state index >= 15 is 0 Å². The average molecular weight is 439 g/mol. The molecule has 0 radical (unpaired) electrons. The van der Waals surface area contributed by atoms with E-state index in [4.69, 9.17) is 15.2 Å². The Kier molecular flexibility index (Phi) is 6.79. The monoisotopic (exact) mass is 438 g/mol. The molecule has 6 nitrogen and oxygen atoms in total. The average Bonchev–Trinajstić information content (AvgIpc) is 2.62. The summed E-state index contributed by atoms with van der Waals surface area (Å²) in [5.41, 5.74) is 6.02. The minimum absolute atomic E-state index is 0.257. The fraction of sp³-hybridized carbons (Fsp3) is 0.263. The largest absolute Gasteiger partial charge is 0.493 e. The highest BCUT2D eigenvalue weighted by Crippen LogP contribution is 2.37. The zero-order valence-corrected chi connectivity index (χ0v) is 16.7. The molecular weight excluding hydrogens is 419 g/mol. The topological polar surface area (TPSA) is 81.9 Å². The van der Waals surface area contributed by atoms with Gasteiger partial charge in [0, 0.05) is 12.6 Å².